The van der Waals surface area contributed by atoms with E-state index in [1.54, 1.807) is 0 Å². The number of para-hydroxylation sites is 5. The molecule has 0 saturated carbocycles. The maximum atomic E-state index is 10.3. The van der Waals surface area contributed by atoms with Gasteiger partial charge in [-0.2, -0.15) is 5.26 Å². The zero-order valence-electron chi connectivity index (χ0n) is 21.6. The minimum Gasteiger partial charge on any atom is -0.309 e. The highest BCUT2D eigenvalue weighted by atomic mass is 15.0. The van der Waals surface area contributed by atoms with Crippen molar-refractivity contribution in [2.24, 2.45) is 0 Å². The van der Waals surface area contributed by atoms with Gasteiger partial charge in [0.1, 0.15) is 6.07 Å². The SMILES string of the molecule is N#Cc1cccc(-c2cccc(-n3c4ccccc4c4ccccc43)c2)c1-n1c2ccccc2c2ccccc21. The molecule has 2 heterocycles. The third-order valence-electron chi connectivity index (χ3n) is 7.96. The fourth-order valence-corrected chi connectivity index (χ4v) is 6.28. The molecule has 8 rings (SSSR count). The molecular weight excluding hydrogens is 486 g/mol. The van der Waals surface area contributed by atoms with Gasteiger partial charge in [-0.25, -0.2) is 0 Å². The average Bonchev–Trinajstić information content (AvgIpc) is 3.54. The van der Waals surface area contributed by atoms with Gasteiger partial charge in [0, 0.05) is 32.8 Å². The first-order chi connectivity index (χ1) is 19.8. The number of fused-ring (bicyclic) bond motifs is 6. The van der Waals surface area contributed by atoms with E-state index in [-0.39, 0.29) is 0 Å². The van der Waals surface area contributed by atoms with Gasteiger partial charge in [-0.05, 0) is 48.0 Å². The smallest absolute Gasteiger partial charge is 0.101 e. The average molecular weight is 510 g/mol. The lowest BCUT2D eigenvalue weighted by Crippen LogP contribution is -2.01. The zero-order valence-corrected chi connectivity index (χ0v) is 21.6. The van der Waals surface area contributed by atoms with Crippen LogP contribution in [0, 0.1) is 11.3 Å². The molecule has 0 amide bonds. The summed E-state index contributed by atoms with van der Waals surface area (Å²) in [6, 6.07) is 51.2. The molecule has 40 heavy (non-hydrogen) atoms. The second-order valence-electron chi connectivity index (χ2n) is 10.1. The Balaban J connectivity index is 1.43. The first-order valence-electron chi connectivity index (χ1n) is 13.4. The van der Waals surface area contributed by atoms with E-state index >= 15 is 0 Å². The summed E-state index contributed by atoms with van der Waals surface area (Å²) in [5.41, 5.74) is 9.25. The standard InChI is InChI=1S/C37H23N3/c38-24-26-12-10-18-28(37(26)40-35-21-7-3-16-31(35)32-17-4-8-22-36(32)40)25-11-9-13-27(23-25)39-33-19-5-1-14-29(33)30-15-2-6-20-34(30)39/h1-23H. The molecule has 0 saturated heterocycles. The molecule has 0 unspecified atom stereocenters. The molecule has 0 fully saturated rings. The van der Waals surface area contributed by atoms with Gasteiger partial charge in [-0.15, -0.1) is 0 Å². The largest absolute Gasteiger partial charge is 0.309 e. The van der Waals surface area contributed by atoms with E-state index < -0.39 is 0 Å². The predicted molar refractivity (Wildman–Crippen MR) is 165 cm³/mol. The lowest BCUT2D eigenvalue weighted by molar-refractivity contribution is 1.16. The lowest BCUT2D eigenvalue weighted by atomic mass is 9.99. The van der Waals surface area contributed by atoms with E-state index in [1.807, 2.05) is 12.1 Å². The van der Waals surface area contributed by atoms with Gasteiger partial charge in [0.15, 0.2) is 0 Å². The van der Waals surface area contributed by atoms with Crippen LogP contribution in [-0.4, -0.2) is 9.13 Å². The number of benzene rings is 6. The molecule has 0 N–H and O–H groups in total. The number of hydrogen-bond donors (Lipinski definition) is 0. The molecule has 0 aliphatic heterocycles. The highest BCUT2D eigenvalue weighted by Crippen LogP contribution is 2.39. The van der Waals surface area contributed by atoms with Crippen LogP contribution < -0.4 is 0 Å². The van der Waals surface area contributed by atoms with E-state index in [4.69, 9.17) is 0 Å². The van der Waals surface area contributed by atoms with Crippen LogP contribution in [0.2, 0.25) is 0 Å². The molecule has 3 nitrogen and oxygen atoms in total. The van der Waals surface area contributed by atoms with Gasteiger partial charge in [-0.1, -0.05) is 97.1 Å². The Bertz CT molecular complexity index is 2180. The molecule has 0 radical (unpaired) electrons. The van der Waals surface area contributed by atoms with Crippen LogP contribution in [-0.2, 0) is 0 Å². The summed E-state index contributed by atoms with van der Waals surface area (Å²) in [5, 5.41) is 15.1. The Hall–Kier alpha value is -5.59. The van der Waals surface area contributed by atoms with Crippen molar-refractivity contribution in [3.05, 3.63) is 145 Å². The van der Waals surface area contributed by atoms with Crippen molar-refractivity contribution in [2.75, 3.05) is 0 Å². The van der Waals surface area contributed by atoms with Gasteiger partial charge < -0.3 is 9.13 Å². The van der Waals surface area contributed by atoms with E-state index in [0.29, 0.717) is 5.56 Å². The maximum Gasteiger partial charge on any atom is 0.101 e. The molecule has 3 heteroatoms. The molecule has 8 aromatic rings. The van der Waals surface area contributed by atoms with Crippen LogP contribution >= 0.6 is 0 Å². The predicted octanol–water partition coefficient (Wildman–Crippen LogP) is 9.42. The van der Waals surface area contributed by atoms with Crippen LogP contribution in [0.15, 0.2) is 140 Å². The van der Waals surface area contributed by atoms with Crippen molar-refractivity contribution >= 4 is 43.6 Å². The van der Waals surface area contributed by atoms with E-state index in [9.17, 15) is 5.26 Å². The number of nitriles is 1. The normalized spacial score (nSPS) is 11.5. The van der Waals surface area contributed by atoms with E-state index in [1.165, 1.54) is 32.6 Å². The molecular formula is C37H23N3. The summed E-state index contributed by atoms with van der Waals surface area (Å²) in [4.78, 5) is 0. The summed E-state index contributed by atoms with van der Waals surface area (Å²) in [5.74, 6) is 0. The third-order valence-corrected chi connectivity index (χ3v) is 7.96. The fourth-order valence-electron chi connectivity index (χ4n) is 6.28. The summed E-state index contributed by atoms with van der Waals surface area (Å²) >= 11 is 0. The molecule has 2 aromatic heterocycles. The Kier molecular flexibility index (Phi) is 4.89. The minimum atomic E-state index is 0.645. The number of aromatic nitrogens is 2. The summed E-state index contributed by atoms with van der Waals surface area (Å²) in [6.07, 6.45) is 0. The van der Waals surface area contributed by atoms with Crippen molar-refractivity contribution in [1.29, 1.82) is 5.26 Å². The Morgan fingerprint density at radius 3 is 1.45 bits per heavy atom. The van der Waals surface area contributed by atoms with Crippen LogP contribution in [0.4, 0.5) is 0 Å². The third kappa shape index (κ3) is 3.17. The first-order valence-corrected chi connectivity index (χ1v) is 13.4. The second-order valence-corrected chi connectivity index (χ2v) is 10.1. The molecule has 0 aliphatic carbocycles. The number of rotatable bonds is 3. The molecule has 0 aliphatic rings. The maximum absolute atomic E-state index is 10.3. The molecule has 0 atom stereocenters. The monoisotopic (exact) mass is 509 g/mol. The highest BCUT2D eigenvalue weighted by Gasteiger charge is 2.19. The Labute approximate surface area is 231 Å². The van der Waals surface area contributed by atoms with Crippen molar-refractivity contribution in [2.45, 2.75) is 0 Å². The number of nitrogens with zero attached hydrogens (tertiary/aromatic N) is 3. The fraction of sp³-hybridized carbons (Fsp3) is 0. The summed E-state index contributed by atoms with van der Waals surface area (Å²) in [7, 11) is 0. The van der Waals surface area contributed by atoms with Crippen molar-refractivity contribution < 1.29 is 0 Å². The molecule has 6 aromatic carbocycles. The molecule has 186 valence electrons. The Morgan fingerprint density at radius 1 is 0.450 bits per heavy atom. The van der Waals surface area contributed by atoms with Gasteiger partial charge in [-0.3, -0.25) is 0 Å². The minimum absolute atomic E-state index is 0.645. The zero-order chi connectivity index (χ0) is 26.6. The van der Waals surface area contributed by atoms with E-state index in [0.717, 1.165) is 33.5 Å². The van der Waals surface area contributed by atoms with Crippen molar-refractivity contribution in [1.82, 2.24) is 9.13 Å². The molecule has 0 spiro atoms. The van der Waals surface area contributed by atoms with Crippen molar-refractivity contribution in [3.63, 3.8) is 0 Å². The van der Waals surface area contributed by atoms with Gasteiger partial charge in [0.05, 0.1) is 33.3 Å². The summed E-state index contributed by atoms with van der Waals surface area (Å²) in [6.45, 7) is 0. The second kappa shape index (κ2) is 8.73. The Morgan fingerprint density at radius 2 is 0.925 bits per heavy atom. The van der Waals surface area contributed by atoms with E-state index in [2.05, 4.69) is 143 Å². The lowest BCUT2D eigenvalue weighted by Gasteiger charge is -2.17. The van der Waals surface area contributed by atoms with Crippen LogP contribution in [0.25, 0.3) is 66.1 Å². The topological polar surface area (TPSA) is 33.6 Å². The summed E-state index contributed by atoms with van der Waals surface area (Å²) < 4.78 is 4.59. The van der Waals surface area contributed by atoms with Gasteiger partial charge >= 0.3 is 0 Å². The van der Waals surface area contributed by atoms with Crippen LogP contribution in [0.5, 0.6) is 0 Å². The molecule has 0 bridgehead atoms. The highest BCUT2D eigenvalue weighted by molar-refractivity contribution is 6.11. The van der Waals surface area contributed by atoms with Gasteiger partial charge in [0.2, 0.25) is 0 Å². The number of hydrogen-bond acceptors (Lipinski definition) is 1. The van der Waals surface area contributed by atoms with Crippen molar-refractivity contribution in [3.8, 4) is 28.6 Å². The quantitative estimate of drug-likeness (QED) is 0.233. The first kappa shape index (κ1) is 22.4. The van der Waals surface area contributed by atoms with Crippen LogP contribution in [0.3, 0.4) is 0 Å². The van der Waals surface area contributed by atoms with Gasteiger partial charge in [0.25, 0.3) is 0 Å². The van der Waals surface area contributed by atoms with Crippen LogP contribution in [0.1, 0.15) is 5.56 Å².